The molecule has 152 valence electrons. The van der Waals surface area contributed by atoms with Crippen LogP contribution < -0.4 is 22.1 Å². The van der Waals surface area contributed by atoms with E-state index >= 15 is 0 Å². The van der Waals surface area contributed by atoms with Crippen molar-refractivity contribution in [3.63, 3.8) is 0 Å². The predicted octanol–water partition coefficient (Wildman–Crippen LogP) is 4.75. The van der Waals surface area contributed by atoms with E-state index in [9.17, 15) is 9.59 Å². The van der Waals surface area contributed by atoms with E-state index in [1.807, 2.05) is 36.4 Å². The Kier molecular flexibility index (Phi) is 3.30. The van der Waals surface area contributed by atoms with E-state index in [0.29, 0.717) is 33.6 Å². The highest BCUT2D eigenvalue weighted by Gasteiger charge is 2.32. The molecule has 0 atom stereocenters. The van der Waals surface area contributed by atoms with E-state index in [0.717, 1.165) is 43.4 Å². The van der Waals surface area contributed by atoms with Gasteiger partial charge in [0.25, 0.3) is 0 Å². The predicted molar refractivity (Wildman–Crippen MR) is 129 cm³/mol. The molecule has 0 amide bonds. The average Bonchev–Trinajstić information content (AvgIpc) is 2.75. The fourth-order valence-electron chi connectivity index (χ4n) is 5.32. The van der Waals surface area contributed by atoms with Crippen LogP contribution in [0.4, 0.5) is 22.7 Å². The summed E-state index contributed by atoms with van der Waals surface area (Å²) in [5.41, 5.74) is 16.4. The van der Waals surface area contributed by atoms with Crippen LogP contribution in [-0.4, -0.2) is 25.7 Å². The van der Waals surface area contributed by atoms with Gasteiger partial charge in [-0.25, -0.2) is 0 Å². The van der Waals surface area contributed by atoms with Crippen LogP contribution in [0.5, 0.6) is 0 Å². The minimum Gasteiger partial charge on any atom is -0.399 e. The van der Waals surface area contributed by atoms with Crippen molar-refractivity contribution >= 4 is 77.4 Å². The van der Waals surface area contributed by atoms with E-state index in [1.165, 1.54) is 0 Å². The maximum atomic E-state index is 13.0. The third-order valence-corrected chi connectivity index (χ3v) is 6.57. The van der Waals surface area contributed by atoms with Crippen LogP contribution in [0.1, 0.15) is 27.1 Å². The molecule has 0 aromatic heterocycles. The lowest BCUT2D eigenvalue weighted by molar-refractivity contribution is 0.0891. The summed E-state index contributed by atoms with van der Waals surface area (Å²) in [5.74, 6) is -0.318. The van der Waals surface area contributed by atoms with Crippen LogP contribution in [0.15, 0.2) is 36.4 Å². The van der Waals surface area contributed by atoms with Crippen molar-refractivity contribution in [1.29, 1.82) is 0 Å². The minimum absolute atomic E-state index is 0.125. The molecule has 0 saturated heterocycles. The summed E-state index contributed by atoms with van der Waals surface area (Å²) in [6, 6.07) is 11.8. The summed E-state index contributed by atoms with van der Waals surface area (Å²) in [6.07, 6.45) is -0.125. The third-order valence-electron chi connectivity index (χ3n) is 6.57. The van der Waals surface area contributed by atoms with Gasteiger partial charge in [-0.15, -0.1) is 0 Å². The molecule has 0 aliphatic heterocycles. The molecule has 6 rings (SSSR count). The first-order valence-corrected chi connectivity index (χ1v) is 10.2. The van der Waals surface area contributed by atoms with E-state index < -0.39 is 0 Å². The quantitative estimate of drug-likeness (QED) is 0.145. The largest absolute Gasteiger partial charge is 0.399 e. The Morgan fingerprint density at radius 2 is 1.23 bits per heavy atom. The molecule has 0 spiro atoms. The zero-order valence-corrected chi connectivity index (χ0v) is 17.1. The number of fused-ring (bicyclic) bond motifs is 2. The molecule has 0 unspecified atom stereocenters. The van der Waals surface area contributed by atoms with E-state index in [-0.39, 0.29) is 18.0 Å². The fourth-order valence-corrected chi connectivity index (χ4v) is 5.32. The fraction of sp³-hybridized carbons (Fsp3) is 0.120. The maximum absolute atomic E-state index is 13.0. The zero-order chi connectivity index (χ0) is 21.6. The number of benzene rings is 5. The monoisotopic (exact) mass is 408 g/mol. The van der Waals surface area contributed by atoms with Crippen molar-refractivity contribution in [3.05, 3.63) is 47.5 Å². The first kappa shape index (κ1) is 17.8. The molecule has 31 heavy (non-hydrogen) atoms. The van der Waals surface area contributed by atoms with Crippen LogP contribution in [0.25, 0.3) is 43.1 Å². The molecule has 0 saturated carbocycles. The van der Waals surface area contributed by atoms with E-state index in [4.69, 9.17) is 11.5 Å². The molecule has 6 nitrogen and oxygen atoms in total. The first-order chi connectivity index (χ1) is 14.9. The number of carbonyl (C=O) groups excluding carboxylic acids is 2. The van der Waals surface area contributed by atoms with Crippen molar-refractivity contribution in [3.8, 4) is 0 Å². The molecule has 5 aromatic carbocycles. The number of nitrogens with two attached hydrogens (primary N) is 2. The Morgan fingerprint density at radius 1 is 0.677 bits per heavy atom. The van der Waals surface area contributed by atoms with Gasteiger partial charge in [0.05, 0.1) is 6.42 Å². The van der Waals surface area contributed by atoms with Crippen molar-refractivity contribution < 1.29 is 9.59 Å². The molecule has 1 aliphatic rings. The minimum atomic E-state index is -0.159. The number of nitrogens with one attached hydrogen (secondary N) is 2. The van der Waals surface area contributed by atoms with Gasteiger partial charge >= 0.3 is 0 Å². The molecule has 0 heterocycles. The zero-order valence-electron chi connectivity index (χ0n) is 17.1. The maximum Gasteiger partial charge on any atom is 0.173 e. The van der Waals surface area contributed by atoms with Gasteiger partial charge < -0.3 is 22.1 Å². The van der Waals surface area contributed by atoms with Gasteiger partial charge in [0, 0.05) is 58.7 Å². The molecule has 1 aliphatic carbocycles. The number of anilines is 4. The number of Topliss-reactive ketones (excluding diaryl/α,β-unsaturated/α-hetero) is 2. The number of hydrogen-bond donors (Lipinski definition) is 4. The lowest BCUT2D eigenvalue weighted by Crippen LogP contribution is -2.19. The molecule has 0 radical (unpaired) electrons. The van der Waals surface area contributed by atoms with Crippen molar-refractivity contribution in [2.24, 2.45) is 0 Å². The van der Waals surface area contributed by atoms with Gasteiger partial charge in [0.1, 0.15) is 0 Å². The molecule has 6 N–H and O–H groups in total. The summed E-state index contributed by atoms with van der Waals surface area (Å²) in [6.45, 7) is 0. The second-order valence-electron chi connectivity index (χ2n) is 8.16. The molecular weight excluding hydrogens is 388 g/mol. The SMILES string of the molecule is CNc1cc2c3ccc(N)c4cc(N)cc(c5cc(NC)c6c(c1C(=O)CC6=O)c25)c43. The first-order valence-electron chi connectivity index (χ1n) is 10.2. The highest BCUT2D eigenvalue weighted by molar-refractivity contribution is 6.42. The Hall–Kier alpha value is -4.06. The number of rotatable bonds is 2. The lowest BCUT2D eigenvalue weighted by Gasteiger charge is -2.25. The molecule has 6 heteroatoms. The third kappa shape index (κ3) is 2.06. The Bertz CT molecular complexity index is 1610. The van der Waals surface area contributed by atoms with Crippen molar-refractivity contribution in [2.75, 3.05) is 36.2 Å². The van der Waals surface area contributed by atoms with Crippen LogP contribution in [0.3, 0.4) is 0 Å². The van der Waals surface area contributed by atoms with Crippen molar-refractivity contribution in [1.82, 2.24) is 0 Å². The van der Waals surface area contributed by atoms with E-state index in [1.54, 1.807) is 14.1 Å². The average molecular weight is 408 g/mol. The number of nitrogen functional groups attached to an aromatic ring is 2. The Labute approximate surface area is 177 Å². The van der Waals surface area contributed by atoms with Crippen molar-refractivity contribution in [2.45, 2.75) is 6.42 Å². The topological polar surface area (TPSA) is 110 Å². The second-order valence-corrected chi connectivity index (χ2v) is 8.16. The molecule has 0 fully saturated rings. The summed E-state index contributed by atoms with van der Waals surface area (Å²) in [4.78, 5) is 26.0. The molecule has 0 bridgehead atoms. The molecular formula is C25H20N4O2. The van der Waals surface area contributed by atoms with Gasteiger partial charge in [-0.2, -0.15) is 0 Å². The van der Waals surface area contributed by atoms with Crippen LogP contribution in [-0.2, 0) is 0 Å². The Morgan fingerprint density at radius 3 is 1.84 bits per heavy atom. The standard InChI is InChI=1S/C25H20N4O2/c1-28-17-7-13-11-3-4-16(27)15-6-10(26)5-12(21(11)15)14-8-18(29-2)24-20(31)9-19(30)23(17)25(24)22(13)14/h3-8,28-29H,9,26-27H2,1-2H3. The lowest BCUT2D eigenvalue weighted by atomic mass is 9.79. The van der Waals surface area contributed by atoms with Gasteiger partial charge in [-0.3, -0.25) is 9.59 Å². The van der Waals surface area contributed by atoms with Gasteiger partial charge in [-0.1, -0.05) is 6.07 Å². The summed E-state index contributed by atoms with van der Waals surface area (Å²) in [7, 11) is 3.59. The van der Waals surface area contributed by atoms with Crippen LogP contribution >= 0.6 is 0 Å². The number of ketones is 2. The van der Waals surface area contributed by atoms with E-state index in [2.05, 4.69) is 10.6 Å². The number of carbonyl (C=O) groups is 2. The summed E-state index contributed by atoms with van der Waals surface area (Å²) < 4.78 is 0. The van der Waals surface area contributed by atoms with Gasteiger partial charge in [0.15, 0.2) is 11.6 Å². The summed E-state index contributed by atoms with van der Waals surface area (Å²) in [5, 5.41) is 13.8. The second kappa shape index (κ2) is 5.76. The Balaban J connectivity index is 2.05. The van der Waals surface area contributed by atoms with Crippen LogP contribution in [0, 0.1) is 0 Å². The van der Waals surface area contributed by atoms with Crippen LogP contribution in [0.2, 0.25) is 0 Å². The number of hydrogen-bond acceptors (Lipinski definition) is 6. The smallest absolute Gasteiger partial charge is 0.173 e. The van der Waals surface area contributed by atoms with Gasteiger partial charge in [0.2, 0.25) is 0 Å². The van der Waals surface area contributed by atoms with Gasteiger partial charge in [-0.05, 0) is 62.6 Å². The normalized spacial score (nSPS) is 13.7. The highest BCUT2D eigenvalue weighted by atomic mass is 16.1. The highest BCUT2D eigenvalue weighted by Crippen LogP contribution is 2.49. The molecule has 5 aromatic rings. The summed E-state index contributed by atoms with van der Waals surface area (Å²) >= 11 is 0.